The molecule has 3 heterocycles. The van der Waals surface area contributed by atoms with Crippen LogP contribution in [0, 0.1) is 5.92 Å². The summed E-state index contributed by atoms with van der Waals surface area (Å²) < 4.78 is 0. The first-order valence-electron chi connectivity index (χ1n) is 7.72. The van der Waals surface area contributed by atoms with Crippen LogP contribution in [0.2, 0.25) is 0 Å². The van der Waals surface area contributed by atoms with Crippen molar-refractivity contribution in [3.8, 4) is 0 Å². The Hall–Kier alpha value is -1.28. The van der Waals surface area contributed by atoms with Crippen molar-refractivity contribution < 1.29 is 0 Å². The van der Waals surface area contributed by atoms with Gasteiger partial charge in [-0.2, -0.15) is 0 Å². The lowest BCUT2D eigenvalue weighted by Crippen LogP contribution is -2.43. The third kappa shape index (κ3) is 1.66. The zero-order valence-electron chi connectivity index (χ0n) is 11.7. The van der Waals surface area contributed by atoms with Gasteiger partial charge in [0.1, 0.15) is 0 Å². The predicted molar refractivity (Wildman–Crippen MR) is 79.3 cm³/mol. The van der Waals surface area contributed by atoms with Crippen LogP contribution >= 0.6 is 0 Å². The lowest BCUT2D eigenvalue weighted by atomic mass is 9.81. The normalized spacial score (nSPS) is 27.2. The summed E-state index contributed by atoms with van der Waals surface area (Å²) in [5.41, 5.74) is 4.45. The molecular weight excluding hydrogens is 232 g/mol. The van der Waals surface area contributed by atoms with Gasteiger partial charge in [-0.1, -0.05) is 31.5 Å². The molecule has 2 aliphatic rings. The van der Waals surface area contributed by atoms with E-state index in [2.05, 4.69) is 41.1 Å². The van der Waals surface area contributed by atoms with Gasteiger partial charge in [0.25, 0.3) is 0 Å². The van der Waals surface area contributed by atoms with Gasteiger partial charge in [0.15, 0.2) is 0 Å². The fourth-order valence-corrected chi connectivity index (χ4v) is 4.25. The molecule has 1 fully saturated rings. The van der Waals surface area contributed by atoms with Gasteiger partial charge in [0.05, 0.1) is 6.04 Å². The molecule has 2 atom stereocenters. The summed E-state index contributed by atoms with van der Waals surface area (Å²) >= 11 is 0. The minimum Gasteiger partial charge on any atom is -0.357 e. The number of piperidine rings is 1. The molecule has 1 saturated heterocycles. The van der Waals surface area contributed by atoms with Crippen LogP contribution in [0.5, 0.6) is 0 Å². The van der Waals surface area contributed by atoms with E-state index in [1.54, 1.807) is 5.56 Å². The molecule has 0 spiro atoms. The van der Waals surface area contributed by atoms with Crippen LogP contribution in [0.3, 0.4) is 0 Å². The number of para-hydroxylation sites is 1. The van der Waals surface area contributed by atoms with Crippen molar-refractivity contribution in [3.05, 3.63) is 35.5 Å². The molecule has 0 radical (unpaired) electrons. The highest BCUT2D eigenvalue weighted by Crippen LogP contribution is 2.43. The molecule has 1 N–H and O–H groups in total. The van der Waals surface area contributed by atoms with E-state index in [1.165, 1.54) is 55.4 Å². The quantitative estimate of drug-likeness (QED) is 0.818. The summed E-state index contributed by atoms with van der Waals surface area (Å²) in [6.07, 6.45) is 5.29. The third-order valence-corrected chi connectivity index (χ3v) is 5.18. The van der Waals surface area contributed by atoms with Crippen LogP contribution in [0.15, 0.2) is 24.3 Å². The molecular formula is C17H22N2. The molecule has 0 bridgehead atoms. The number of aromatic nitrogens is 1. The van der Waals surface area contributed by atoms with Crippen LogP contribution in [0.4, 0.5) is 0 Å². The first kappa shape index (κ1) is 11.5. The number of nitrogens with one attached hydrogen (secondary N) is 1. The maximum Gasteiger partial charge on any atom is 0.0529 e. The maximum absolute atomic E-state index is 3.74. The van der Waals surface area contributed by atoms with Crippen LogP contribution in [0.1, 0.15) is 43.5 Å². The summed E-state index contributed by atoms with van der Waals surface area (Å²) in [4.78, 5) is 6.46. The Morgan fingerprint density at radius 2 is 2.16 bits per heavy atom. The Morgan fingerprint density at radius 3 is 3.05 bits per heavy atom. The molecule has 0 saturated carbocycles. The maximum atomic E-state index is 3.74. The van der Waals surface area contributed by atoms with Crippen molar-refractivity contribution in [2.75, 3.05) is 13.1 Å². The highest BCUT2D eigenvalue weighted by molar-refractivity contribution is 5.85. The van der Waals surface area contributed by atoms with Crippen LogP contribution in [-0.4, -0.2) is 23.0 Å². The molecule has 2 nitrogen and oxygen atoms in total. The molecule has 19 heavy (non-hydrogen) atoms. The first-order valence-corrected chi connectivity index (χ1v) is 7.72. The van der Waals surface area contributed by atoms with Gasteiger partial charge < -0.3 is 4.98 Å². The molecule has 100 valence electrons. The average molecular weight is 254 g/mol. The minimum atomic E-state index is 0.648. The molecule has 2 aliphatic heterocycles. The number of nitrogens with zero attached hydrogens (tertiary/aromatic N) is 1. The zero-order chi connectivity index (χ0) is 12.8. The van der Waals surface area contributed by atoms with E-state index in [1.807, 2.05) is 0 Å². The van der Waals surface area contributed by atoms with E-state index >= 15 is 0 Å². The second-order valence-corrected chi connectivity index (χ2v) is 6.10. The lowest BCUT2D eigenvalue weighted by Gasteiger charge is -2.44. The van der Waals surface area contributed by atoms with E-state index in [4.69, 9.17) is 0 Å². The summed E-state index contributed by atoms with van der Waals surface area (Å²) in [5.74, 6) is 0.834. The average Bonchev–Trinajstić information content (AvgIpc) is 2.85. The van der Waals surface area contributed by atoms with Crippen molar-refractivity contribution in [2.24, 2.45) is 5.92 Å². The largest absolute Gasteiger partial charge is 0.357 e. The second-order valence-electron chi connectivity index (χ2n) is 6.10. The van der Waals surface area contributed by atoms with E-state index in [9.17, 15) is 0 Å². The monoisotopic (exact) mass is 254 g/mol. The van der Waals surface area contributed by atoms with Gasteiger partial charge >= 0.3 is 0 Å². The van der Waals surface area contributed by atoms with Gasteiger partial charge in [0, 0.05) is 23.1 Å². The van der Waals surface area contributed by atoms with Gasteiger partial charge in [0.2, 0.25) is 0 Å². The van der Waals surface area contributed by atoms with Gasteiger partial charge in [-0.05, 0) is 43.4 Å². The predicted octanol–water partition coefficient (Wildman–Crippen LogP) is 3.89. The molecule has 2 heteroatoms. The Kier molecular flexibility index (Phi) is 2.66. The zero-order valence-corrected chi connectivity index (χ0v) is 11.7. The molecule has 1 aromatic carbocycles. The third-order valence-electron chi connectivity index (χ3n) is 5.18. The Bertz CT molecular complexity index is 598. The molecule has 1 aromatic heterocycles. The number of fused-ring (bicyclic) bond motifs is 5. The number of hydrogen-bond donors (Lipinski definition) is 1. The van der Waals surface area contributed by atoms with Crippen molar-refractivity contribution >= 4 is 10.9 Å². The van der Waals surface area contributed by atoms with Crippen molar-refractivity contribution in [1.29, 1.82) is 0 Å². The van der Waals surface area contributed by atoms with Crippen molar-refractivity contribution in [1.82, 2.24) is 9.88 Å². The molecule has 4 rings (SSSR count). The molecule has 2 aromatic rings. The van der Waals surface area contributed by atoms with Gasteiger partial charge in [-0.15, -0.1) is 0 Å². The highest BCUT2D eigenvalue weighted by atomic mass is 15.2. The van der Waals surface area contributed by atoms with Crippen molar-refractivity contribution in [2.45, 2.75) is 38.6 Å². The first-order chi connectivity index (χ1) is 9.38. The Labute approximate surface area is 114 Å². The van der Waals surface area contributed by atoms with Gasteiger partial charge in [-0.25, -0.2) is 0 Å². The summed E-state index contributed by atoms with van der Waals surface area (Å²) in [6.45, 7) is 4.89. The molecule has 0 unspecified atom stereocenters. The van der Waals surface area contributed by atoms with Crippen LogP contribution in [0.25, 0.3) is 10.9 Å². The number of benzene rings is 1. The molecule has 0 aliphatic carbocycles. The smallest absolute Gasteiger partial charge is 0.0529 e. The number of hydrogen-bond acceptors (Lipinski definition) is 1. The highest BCUT2D eigenvalue weighted by Gasteiger charge is 2.37. The Morgan fingerprint density at radius 1 is 1.26 bits per heavy atom. The van der Waals surface area contributed by atoms with E-state index < -0.39 is 0 Å². The number of aromatic amines is 1. The van der Waals surface area contributed by atoms with Gasteiger partial charge in [-0.3, -0.25) is 4.90 Å². The lowest BCUT2D eigenvalue weighted by molar-refractivity contribution is 0.0788. The van der Waals surface area contributed by atoms with E-state index in [0.717, 1.165) is 5.92 Å². The number of rotatable bonds is 1. The second kappa shape index (κ2) is 4.38. The van der Waals surface area contributed by atoms with E-state index in [0.29, 0.717) is 6.04 Å². The SMILES string of the molecule is CC[C@H]1CCCN2CCc3c([nH]c4ccccc34)[C@H]12. The number of H-pyrrole nitrogens is 1. The summed E-state index contributed by atoms with van der Waals surface area (Å²) in [6, 6.07) is 9.46. The fourth-order valence-electron chi connectivity index (χ4n) is 4.25. The summed E-state index contributed by atoms with van der Waals surface area (Å²) in [5, 5.41) is 1.46. The summed E-state index contributed by atoms with van der Waals surface area (Å²) in [7, 11) is 0. The van der Waals surface area contributed by atoms with E-state index in [-0.39, 0.29) is 0 Å². The molecule has 0 amide bonds. The van der Waals surface area contributed by atoms with Crippen LogP contribution in [-0.2, 0) is 6.42 Å². The minimum absolute atomic E-state index is 0.648. The topological polar surface area (TPSA) is 19.0 Å². The van der Waals surface area contributed by atoms with Crippen molar-refractivity contribution in [3.63, 3.8) is 0 Å². The fraction of sp³-hybridized carbons (Fsp3) is 0.529. The standard InChI is InChI=1S/C17H22N2/c1-2-12-6-5-10-19-11-9-14-13-7-3-4-8-15(13)18-16(14)17(12)19/h3-4,7-8,12,17-18H,2,5-6,9-11H2,1H3/t12-,17-/m0/s1. The van der Waals surface area contributed by atoms with Crippen LogP contribution < -0.4 is 0 Å². The Balaban J connectivity index is 1.87.